The van der Waals surface area contributed by atoms with Gasteiger partial charge >= 0.3 is 5.69 Å². The minimum atomic E-state index is -3.60. The van der Waals surface area contributed by atoms with Crippen LogP contribution >= 0.6 is 22.9 Å². The molecule has 0 aromatic carbocycles. The number of rotatable bonds is 4. The lowest BCUT2D eigenvalue weighted by molar-refractivity contribution is -0.385. The molecule has 0 spiro atoms. The van der Waals surface area contributed by atoms with Gasteiger partial charge in [0.05, 0.1) is 9.26 Å². The summed E-state index contributed by atoms with van der Waals surface area (Å²) in [7, 11) is -3.60. The van der Waals surface area contributed by atoms with Crippen molar-refractivity contribution in [2.75, 3.05) is 31.1 Å². The van der Waals surface area contributed by atoms with E-state index in [1.54, 1.807) is 17.0 Å². The normalized spacial score (nSPS) is 15.6. The van der Waals surface area contributed by atoms with Crippen molar-refractivity contribution in [1.82, 2.24) is 9.29 Å². The van der Waals surface area contributed by atoms with Crippen molar-refractivity contribution in [2.45, 2.75) is 4.21 Å². The van der Waals surface area contributed by atoms with Crippen molar-refractivity contribution in [3.05, 3.63) is 44.4 Å². The van der Waals surface area contributed by atoms with E-state index in [1.165, 1.54) is 22.5 Å². The molecule has 2 aromatic heterocycles. The van der Waals surface area contributed by atoms with Gasteiger partial charge in [-0.25, -0.2) is 13.4 Å². The SMILES string of the molecule is N#Cc1nc(N2CCN(S(=O)(=O)c3ccc(Cl)s3)CC2)ccc1[N+](=O)[O-]. The number of anilines is 1. The zero-order valence-corrected chi connectivity index (χ0v) is 15.6. The number of aromatic nitrogens is 1. The third-order valence-electron chi connectivity index (χ3n) is 3.87. The van der Waals surface area contributed by atoms with Crippen LogP contribution in [0.3, 0.4) is 0 Å². The first kappa shape index (κ1) is 18.5. The van der Waals surface area contributed by atoms with Gasteiger partial charge in [-0.1, -0.05) is 11.6 Å². The number of hydrogen-bond acceptors (Lipinski definition) is 8. The summed E-state index contributed by atoms with van der Waals surface area (Å²) in [6, 6.07) is 7.43. The summed E-state index contributed by atoms with van der Waals surface area (Å²) in [6.07, 6.45) is 0. The van der Waals surface area contributed by atoms with Crippen molar-refractivity contribution < 1.29 is 13.3 Å². The van der Waals surface area contributed by atoms with Crippen LogP contribution in [0.1, 0.15) is 5.69 Å². The molecule has 12 heteroatoms. The van der Waals surface area contributed by atoms with Crippen LogP contribution in [-0.4, -0.2) is 48.8 Å². The Morgan fingerprint density at radius 3 is 2.46 bits per heavy atom. The lowest BCUT2D eigenvalue weighted by Gasteiger charge is -2.34. The molecule has 136 valence electrons. The minimum absolute atomic E-state index is 0.191. The number of nitriles is 1. The van der Waals surface area contributed by atoms with E-state index in [4.69, 9.17) is 16.9 Å². The van der Waals surface area contributed by atoms with Crippen LogP contribution in [0.5, 0.6) is 0 Å². The van der Waals surface area contributed by atoms with Crippen molar-refractivity contribution in [2.24, 2.45) is 0 Å². The molecule has 26 heavy (non-hydrogen) atoms. The highest BCUT2D eigenvalue weighted by molar-refractivity contribution is 7.91. The van der Waals surface area contributed by atoms with E-state index in [0.29, 0.717) is 23.2 Å². The van der Waals surface area contributed by atoms with E-state index in [9.17, 15) is 18.5 Å². The smallest absolute Gasteiger partial charge is 0.305 e. The first-order chi connectivity index (χ1) is 12.3. The van der Waals surface area contributed by atoms with Crippen LogP contribution in [0.25, 0.3) is 0 Å². The molecule has 1 aliphatic heterocycles. The Bertz CT molecular complexity index is 993. The fourth-order valence-corrected chi connectivity index (χ4v) is 5.63. The number of sulfonamides is 1. The molecule has 1 aliphatic rings. The lowest BCUT2D eigenvalue weighted by Crippen LogP contribution is -2.48. The number of nitrogens with zero attached hydrogens (tertiary/aromatic N) is 5. The maximum atomic E-state index is 12.6. The van der Waals surface area contributed by atoms with Gasteiger partial charge in [-0.2, -0.15) is 9.57 Å². The number of thiophene rings is 1. The van der Waals surface area contributed by atoms with Gasteiger partial charge in [-0.3, -0.25) is 10.1 Å². The Balaban J connectivity index is 1.75. The quantitative estimate of drug-likeness (QED) is 0.555. The van der Waals surface area contributed by atoms with Gasteiger partial charge in [0.25, 0.3) is 10.0 Å². The van der Waals surface area contributed by atoms with E-state index >= 15 is 0 Å². The molecular formula is C14H12ClN5O4S2. The Morgan fingerprint density at radius 2 is 1.92 bits per heavy atom. The molecule has 0 unspecified atom stereocenters. The molecule has 3 heterocycles. The molecule has 0 saturated carbocycles. The summed E-state index contributed by atoms with van der Waals surface area (Å²) >= 11 is 6.82. The second-order valence-corrected chi connectivity index (χ2v) is 9.24. The van der Waals surface area contributed by atoms with Crippen molar-refractivity contribution in [1.29, 1.82) is 5.26 Å². The highest BCUT2D eigenvalue weighted by Crippen LogP contribution is 2.29. The molecule has 1 saturated heterocycles. The molecule has 0 N–H and O–H groups in total. The van der Waals surface area contributed by atoms with Crippen LogP contribution in [0, 0.1) is 21.4 Å². The number of nitro groups is 1. The van der Waals surface area contributed by atoms with Crippen LogP contribution in [0.15, 0.2) is 28.5 Å². The number of pyridine rings is 1. The van der Waals surface area contributed by atoms with Gasteiger partial charge in [0, 0.05) is 32.2 Å². The second-order valence-electron chi connectivity index (χ2n) is 5.36. The van der Waals surface area contributed by atoms with Crippen LogP contribution in [0.2, 0.25) is 4.34 Å². The predicted molar refractivity (Wildman–Crippen MR) is 95.9 cm³/mol. The standard InChI is InChI=1S/C14H12ClN5O4S2/c15-12-2-4-14(25-12)26(23,24)19-7-5-18(6-8-19)13-3-1-11(20(21)22)10(9-16)17-13/h1-4H,5-8H2. The number of hydrogen-bond donors (Lipinski definition) is 0. The Morgan fingerprint density at radius 1 is 1.23 bits per heavy atom. The van der Waals surface area contributed by atoms with E-state index in [2.05, 4.69) is 4.98 Å². The molecule has 0 bridgehead atoms. The highest BCUT2D eigenvalue weighted by Gasteiger charge is 2.30. The summed E-state index contributed by atoms with van der Waals surface area (Å²) in [5.41, 5.74) is -0.622. The molecule has 1 fully saturated rings. The Kier molecular flexibility index (Phi) is 5.10. The van der Waals surface area contributed by atoms with Crippen LogP contribution in [-0.2, 0) is 10.0 Å². The highest BCUT2D eigenvalue weighted by atomic mass is 35.5. The third kappa shape index (κ3) is 3.49. The second kappa shape index (κ2) is 7.16. The molecule has 3 rings (SSSR count). The predicted octanol–water partition coefficient (Wildman–Crippen LogP) is 2.09. The van der Waals surface area contributed by atoms with E-state index in [1.807, 2.05) is 0 Å². The zero-order valence-electron chi connectivity index (χ0n) is 13.2. The molecule has 2 aromatic rings. The topological polar surface area (TPSA) is 120 Å². The molecule has 9 nitrogen and oxygen atoms in total. The molecule has 0 amide bonds. The summed E-state index contributed by atoms with van der Waals surface area (Å²) in [5.74, 6) is 0.406. The molecule has 0 atom stereocenters. The van der Waals surface area contributed by atoms with Gasteiger partial charge in [0.1, 0.15) is 16.1 Å². The van der Waals surface area contributed by atoms with Gasteiger partial charge in [0.2, 0.25) is 5.69 Å². The zero-order chi connectivity index (χ0) is 18.9. The summed E-state index contributed by atoms with van der Waals surface area (Å²) < 4.78 is 27.1. The molecular weight excluding hydrogens is 402 g/mol. The minimum Gasteiger partial charge on any atom is -0.354 e. The fraction of sp³-hybridized carbons (Fsp3) is 0.286. The number of piperazine rings is 1. The Labute approximate surface area is 158 Å². The van der Waals surface area contributed by atoms with Crippen molar-refractivity contribution >= 4 is 44.5 Å². The summed E-state index contributed by atoms with van der Waals surface area (Å²) in [6.45, 7) is 1.18. The lowest BCUT2D eigenvalue weighted by atomic mass is 10.3. The number of halogens is 1. The van der Waals surface area contributed by atoms with Gasteiger partial charge in [-0.15, -0.1) is 11.3 Å². The van der Waals surface area contributed by atoms with Gasteiger partial charge < -0.3 is 4.90 Å². The molecule has 0 aliphatic carbocycles. The summed E-state index contributed by atoms with van der Waals surface area (Å²) in [4.78, 5) is 16.0. The van der Waals surface area contributed by atoms with Gasteiger partial charge in [-0.05, 0) is 18.2 Å². The largest absolute Gasteiger partial charge is 0.354 e. The fourth-order valence-electron chi connectivity index (χ4n) is 2.57. The average Bonchev–Trinajstić information content (AvgIpc) is 3.08. The van der Waals surface area contributed by atoms with Crippen LogP contribution in [0.4, 0.5) is 11.5 Å². The average molecular weight is 414 g/mol. The van der Waals surface area contributed by atoms with Crippen LogP contribution < -0.4 is 4.90 Å². The van der Waals surface area contributed by atoms with E-state index < -0.39 is 14.9 Å². The molecule has 0 radical (unpaired) electrons. The van der Waals surface area contributed by atoms with Crippen molar-refractivity contribution in [3.8, 4) is 6.07 Å². The van der Waals surface area contributed by atoms with Crippen molar-refractivity contribution in [3.63, 3.8) is 0 Å². The van der Waals surface area contributed by atoms with Gasteiger partial charge in [0.15, 0.2) is 0 Å². The first-order valence-corrected chi connectivity index (χ1v) is 10.0. The summed E-state index contributed by atoms with van der Waals surface area (Å²) in [5, 5.41) is 19.9. The first-order valence-electron chi connectivity index (χ1n) is 7.39. The van der Waals surface area contributed by atoms with E-state index in [-0.39, 0.29) is 28.7 Å². The Hall–Kier alpha value is -2.26. The third-order valence-corrected chi connectivity index (χ3v) is 7.46. The maximum Gasteiger partial charge on any atom is 0.305 e. The maximum absolute atomic E-state index is 12.6. The van der Waals surface area contributed by atoms with E-state index in [0.717, 1.165) is 11.3 Å². The monoisotopic (exact) mass is 413 g/mol.